The smallest absolute Gasteiger partial charge is 0.189 e. The lowest BCUT2D eigenvalue weighted by atomic mass is 9.86. The van der Waals surface area contributed by atoms with Crippen molar-refractivity contribution in [2.75, 3.05) is 0 Å². The summed E-state index contributed by atoms with van der Waals surface area (Å²) in [5.41, 5.74) is 2.11. The van der Waals surface area contributed by atoms with Gasteiger partial charge in [0.15, 0.2) is 4.67 Å². The Morgan fingerprint density at radius 3 is 2.53 bits per heavy atom. The van der Waals surface area contributed by atoms with Crippen LogP contribution in [0.5, 0.6) is 0 Å². The van der Waals surface area contributed by atoms with E-state index in [-0.39, 0.29) is 5.41 Å². The second-order valence-electron chi connectivity index (χ2n) is 4.62. The third-order valence-corrected chi connectivity index (χ3v) is 3.59. The molecule has 0 spiro atoms. The first kappa shape index (κ1) is 11.0. The fourth-order valence-electron chi connectivity index (χ4n) is 1.65. The lowest BCUT2D eigenvalue weighted by molar-refractivity contribution is 0.546. The zero-order valence-corrected chi connectivity index (χ0v) is 11.2. The summed E-state index contributed by atoms with van der Waals surface area (Å²) >= 11 is 9.43. The van der Waals surface area contributed by atoms with Crippen molar-refractivity contribution >= 4 is 38.5 Å². The molecular weight excluding hydrogens is 275 g/mol. The summed E-state index contributed by atoms with van der Waals surface area (Å²) in [7, 11) is 0. The maximum absolute atomic E-state index is 6.12. The minimum Gasteiger partial charge on any atom is -0.447 e. The van der Waals surface area contributed by atoms with E-state index in [0.29, 0.717) is 9.69 Å². The van der Waals surface area contributed by atoms with E-state index in [9.17, 15) is 0 Å². The monoisotopic (exact) mass is 286 g/mol. The predicted octanol–water partition coefficient (Wildman–Crippen LogP) is 5.15. The van der Waals surface area contributed by atoms with Gasteiger partial charge in [-0.15, -0.1) is 0 Å². The van der Waals surface area contributed by atoms with Gasteiger partial charge in [-0.25, -0.2) is 0 Å². The fraction of sp³-hybridized carbons (Fsp3) is 0.333. The van der Waals surface area contributed by atoms with Crippen LogP contribution < -0.4 is 0 Å². The van der Waals surface area contributed by atoms with Crippen LogP contribution in [0.1, 0.15) is 26.3 Å². The second-order valence-corrected chi connectivity index (χ2v) is 5.72. The number of halogens is 2. The van der Waals surface area contributed by atoms with Gasteiger partial charge in [0, 0.05) is 10.9 Å². The summed E-state index contributed by atoms with van der Waals surface area (Å²) in [5, 5.41) is 1.62. The summed E-state index contributed by atoms with van der Waals surface area (Å²) < 4.78 is 6.25. The first-order valence-corrected chi connectivity index (χ1v) is 5.95. The van der Waals surface area contributed by atoms with Crippen LogP contribution in [0.3, 0.4) is 0 Å². The standard InChI is InChI=1S/C12H12BrClO/c1-12(2,3)8-6-4-5-7-9(14)11(13)15-10(7)8/h4-6H,1-3H3. The van der Waals surface area contributed by atoms with Gasteiger partial charge in [-0.05, 0) is 27.4 Å². The highest BCUT2D eigenvalue weighted by Crippen LogP contribution is 2.39. The van der Waals surface area contributed by atoms with Crippen LogP contribution in [0, 0.1) is 0 Å². The molecule has 0 fully saturated rings. The molecule has 0 N–H and O–H groups in total. The van der Waals surface area contributed by atoms with Crippen molar-refractivity contribution in [3.63, 3.8) is 0 Å². The van der Waals surface area contributed by atoms with E-state index in [1.165, 1.54) is 5.56 Å². The van der Waals surface area contributed by atoms with Gasteiger partial charge >= 0.3 is 0 Å². The molecule has 1 aromatic heterocycles. The molecule has 0 aliphatic heterocycles. The maximum atomic E-state index is 6.12. The molecule has 2 rings (SSSR count). The Morgan fingerprint density at radius 1 is 1.27 bits per heavy atom. The lowest BCUT2D eigenvalue weighted by Crippen LogP contribution is -2.10. The van der Waals surface area contributed by atoms with Crippen molar-refractivity contribution in [2.45, 2.75) is 26.2 Å². The molecule has 2 aromatic rings. The van der Waals surface area contributed by atoms with E-state index in [2.05, 4.69) is 42.8 Å². The summed E-state index contributed by atoms with van der Waals surface area (Å²) in [6.07, 6.45) is 0. The molecule has 1 nitrogen and oxygen atoms in total. The number of furan rings is 1. The molecule has 1 aromatic carbocycles. The molecule has 15 heavy (non-hydrogen) atoms. The van der Waals surface area contributed by atoms with Crippen LogP contribution >= 0.6 is 27.5 Å². The predicted molar refractivity (Wildman–Crippen MR) is 67.6 cm³/mol. The topological polar surface area (TPSA) is 13.1 Å². The third-order valence-electron chi connectivity index (χ3n) is 2.42. The van der Waals surface area contributed by atoms with Crippen LogP contribution in [-0.4, -0.2) is 0 Å². The average Bonchev–Trinajstić information content (AvgIpc) is 2.41. The molecule has 3 heteroatoms. The van der Waals surface area contributed by atoms with Gasteiger partial charge in [0.05, 0.1) is 0 Å². The molecule has 0 unspecified atom stereocenters. The summed E-state index contributed by atoms with van der Waals surface area (Å²) in [6, 6.07) is 6.06. The summed E-state index contributed by atoms with van der Waals surface area (Å²) in [5.74, 6) is 0. The highest BCUT2D eigenvalue weighted by atomic mass is 79.9. The minimum absolute atomic E-state index is 0.0557. The van der Waals surface area contributed by atoms with E-state index in [1.807, 2.05) is 12.1 Å². The maximum Gasteiger partial charge on any atom is 0.189 e. The quantitative estimate of drug-likeness (QED) is 0.653. The summed E-state index contributed by atoms with van der Waals surface area (Å²) in [4.78, 5) is 0. The molecule has 80 valence electrons. The minimum atomic E-state index is 0.0557. The first-order valence-electron chi connectivity index (χ1n) is 4.78. The van der Waals surface area contributed by atoms with Crippen molar-refractivity contribution < 1.29 is 4.42 Å². The molecule has 0 saturated heterocycles. The third kappa shape index (κ3) is 1.81. The fourth-order valence-corrected chi connectivity index (χ4v) is 2.21. The molecule has 0 radical (unpaired) electrons. The van der Waals surface area contributed by atoms with Crippen LogP contribution in [-0.2, 0) is 5.41 Å². The van der Waals surface area contributed by atoms with E-state index < -0.39 is 0 Å². The van der Waals surface area contributed by atoms with Crippen LogP contribution in [0.25, 0.3) is 11.0 Å². The zero-order valence-electron chi connectivity index (χ0n) is 8.90. The SMILES string of the molecule is CC(C)(C)c1cccc2c(Cl)c(Br)oc12. The van der Waals surface area contributed by atoms with Crippen molar-refractivity contribution in [1.82, 2.24) is 0 Å². The second kappa shape index (κ2) is 3.53. The van der Waals surface area contributed by atoms with Crippen LogP contribution in [0.4, 0.5) is 0 Å². The van der Waals surface area contributed by atoms with Gasteiger partial charge in [-0.3, -0.25) is 0 Å². The van der Waals surface area contributed by atoms with Crippen molar-refractivity contribution in [3.05, 3.63) is 33.5 Å². The number of hydrogen-bond donors (Lipinski definition) is 0. The zero-order chi connectivity index (χ0) is 11.2. The number of fused-ring (bicyclic) bond motifs is 1. The van der Waals surface area contributed by atoms with Crippen molar-refractivity contribution in [1.29, 1.82) is 0 Å². The number of hydrogen-bond acceptors (Lipinski definition) is 1. The molecule has 0 bridgehead atoms. The Kier molecular flexibility index (Phi) is 2.60. The van der Waals surface area contributed by atoms with Crippen LogP contribution in [0.15, 0.2) is 27.3 Å². The van der Waals surface area contributed by atoms with Gasteiger partial charge in [-0.2, -0.15) is 0 Å². The molecule has 0 amide bonds. The largest absolute Gasteiger partial charge is 0.447 e. The Hall–Kier alpha value is -0.470. The average molecular weight is 288 g/mol. The van der Waals surface area contributed by atoms with Crippen molar-refractivity contribution in [3.8, 4) is 0 Å². The first-order chi connectivity index (χ1) is 6.91. The van der Waals surface area contributed by atoms with Gasteiger partial charge in [0.25, 0.3) is 0 Å². The Bertz CT molecular complexity index is 508. The molecule has 0 aliphatic rings. The van der Waals surface area contributed by atoms with Crippen LogP contribution in [0.2, 0.25) is 5.02 Å². The lowest BCUT2D eigenvalue weighted by Gasteiger charge is -2.18. The van der Waals surface area contributed by atoms with Gasteiger partial charge < -0.3 is 4.42 Å². The van der Waals surface area contributed by atoms with E-state index in [1.54, 1.807) is 0 Å². The molecule has 0 saturated carbocycles. The van der Waals surface area contributed by atoms with E-state index >= 15 is 0 Å². The number of para-hydroxylation sites is 1. The highest BCUT2D eigenvalue weighted by molar-refractivity contribution is 9.10. The molecular formula is C12H12BrClO. The van der Waals surface area contributed by atoms with Gasteiger partial charge in [0.1, 0.15) is 10.6 Å². The Balaban J connectivity index is 2.83. The number of benzene rings is 1. The van der Waals surface area contributed by atoms with Gasteiger partial charge in [0.2, 0.25) is 0 Å². The van der Waals surface area contributed by atoms with E-state index in [4.69, 9.17) is 16.0 Å². The Labute approximate surface area is 103 Å². The normalized spacial score (nSPS) is 12.3. The number of rotatable bonds is 0. The van der Waals surface area contributed by atoms with E-state index in [0.717, 1.165) is 11.0 Å². The van der Waals surface area contributed by atoms with Crippen molar-refractivity contribution in [2.24, 2.45) is 0 Å². The van der Waals surface area contributed by atoms with Gasteiger partial charge in [-0.1, -0.05) is 44.5 Å². The molecule has 0 atom stereocenters. The summed E-state index contributed by atoms with van der Waals surface area (Å²) in [6.45, 7) is 6.48. The highest BCUT2D eigenvalue weighted by Gasteiger charge is 2.21. The Morgan fingerprint density at radius 2 is 1.93 bits per heavy atom. The molecule has 0 aliphatic carbocycles. The molecule has 1 heterocycles.